The highest BCUT2D eigenvalue weighted by Gasteiger charge is 2.14. The number of carbonyl (C=O) groups is 1. The second-order valence-electron chi connectivity index (χ2n) is 5.98. The van der Waals surface area contributed by atoms with Crippen molar-refractivity contribution in [2.75, 3.05) is 20.3 Å². The Kier molecular flexibility index (Phi) is 7.94. The third-order valence-corrected chi connectivity index (χ3v) is 3.95. The van der Waals surface area contributed by atoms with Crippen LogP contribution in [-0.4, -0.2) is 32.3 Å². The van der Waals surface area contributed by atoms with E-state index in [9.17, 15) is 4.79 Å². The van der Waals surface area contributed by atoms with Gasteiger partial charge in [0.05, 0.1) is 18.3 Å². The van der Waals surface area contributed by atoms with E-state index in [2.05, 4.69) is 21.2 Å². The van der Waals surface area contributed by atoms with Gasteiger partial charge in [-0.2, -0.15) is 0 Å². The molecule has 2 aromatic carbocycles. The van der Waals surface area contributed by atoms with Crippen molar-refractivity contribution in [2.45, 2.75) is 26.5 Å². The van der Waals surface area contributed by atoms with Crippen molar-refractivity contribution < 1.29 is 19.0 Å². The van der Waals surface area contributed by atoms with Crippen LogP contribution in [0.4, 0.5) is 0 Å². The molecule has 1 N–H and O–H groups in total. The maximum Gasteiger partial charge on any atom is 0.255 e. The van der Waals surface area contributed by atoms with E-state index in [0.717, 1.165) is 15.8 Å². The number of benzene rings is 2. The Labute approximate surface area is 162 Å². The zero-order chi connectivity index (χ0) is 18.9. The summed E-state index contributed by atoms with van der Waals surface area (Å²) in [5.74, 6) is 1.13. The van der Waals surface area contributed by atoms with Crippen LogP contribution in [0.2, 0.25) is 0 Å². The molecule has 6 heteroatoms. The largest absolute Gasteiger partial charge is 0.491 e. The van der Waals surface area contributed by atoms with Gasteiger partial charge in [0.2, 0.25) is 0 Å². The lowest BCUT2D eigenvalue weighted by Gasteiger charge is -2.15. The molecule has 0 aliphatic carbocycles. The van der Waals surface area contributed by atoms with Gasteiger partial charge in [-0.15, -0.1) is 0 Å². The van der Waals surface area contributed by atoms with Gasteiger partial charge in [0.1, 0.15) is 18.1 Å². The van der Waals surface area contributed by atoms with Crippen LogP contribution in [0, 0.1) is 0 Å². The van der Waals surface area contributed by atoms with Crippen LogP contribution in [0.3, 0.4) is 0 Å². The van der Waals surface area contributed by atoms with E-state index >= 15 is 0 Å². The third-order valence-electron chi connectivity index (χ3n) is 3.46. The number of methoxy groups -OCH3 is 1. The molecular weight excluding hydrogens is 398 g/mol. The fourth-order valence-electron chi connectivity index (χ4n) is 2.30. The van der Waals surface area contributed by atoms with Crippen molar-refractivity contribution in [3.8, 4) is 11.5 Å². The van der Waals surface area contributed by atoms with Gasteiger partial charge in [0.15, 0.2) is 0 Å². The van der Waals surface area contributed by atoms with E-state index < -0.39 is 0 Å². The van der Waals surface area contributed by atoms with Crippen molar-refractivity contribution in [3.63, 3.8) is 0 Å². The molecule has 2 rings (SSSR count). The van der Waals surface area contributed by atoms with Crippen LogP contribution in [-0.2, 0) is 11.3 Å². The molecule has 26 heavy (non-hydrogen) atoms. The van der Waals surface area contributed by atoms with Crippen molar-refractivity contribution in [1.29, 1.82) is 0 Å². The van der Waals surface area contributed by atoms with Gasteiger partial charge in [-0.25, -0.2) is 0 Å². The molecule has 0 saturated carbocycles. The van der Waals surface area contributed by atoms with Crippen LogP contribution in [0.25, 0.3) is 0 Å². The maximum absolute atomic E-state index is 12.6. The van der Waals surface area contributed by atoms with Gasteiger partial charge in [0.25, 0.3) is 5.91 Å². The quantitative estimate of drug-likeness (QED) is 0.616. The summed E-state index contributed by atoms with van der Waals surface area (Å²) in [6.07, 6.45) is -0.0169. The van der Waals surface area contributed by atoms with Crippen LogP contribution >= 0.6 is 15.9 Å². The lowest BCUT2D eigenvalue weighted by molar-refractivity contribution is 0.0945. The molecule has 0 aromatic heterocycles. The third kappa shape index (κ3) is 6.35. The average molecular weight is 422 g/mol. The van der Waals surface area contributed by atoms with Crippen LogP contribution in [0.15, 0.2) is 46.9 Å². The number of halogens is 1. The molecule has 0 spiro atoms. The van der Waals surface area contributed by atoms with Crippen molar-refractivity contribution >= 4 is 21.8 Å². The van der Waals surface area contributed by atoms with Crippen LogP contribution in [0.5, 0.6) is 11.5 Å². The first-order valence-electron chi connectivity index (χ1n) is 8.44. The van der Waals surface area contributed by atoms with Crippen molar-refractivity contribution in [2.24, 2.45) is 0 Å². The molecule has 0 heterocycles. The monoisotopic (exact) mass is 421 g/mol. The Hall–Kier alpha value is -2.05. The summed E-state index contributed by atoms with van der Waals surface area (Å²) in [6, 6.07) is 13.0. The van der Waals surface area contributed by atoms with Crippen LogP contribution < -0.4 is 14.8 Å². The summed E-state index contributed by atoms with van der Waals surface area (Å²) in [6.45, 7) is 5.27. The minimum atomic E-state index is -0.182. The van der Waals surface area contributed by atoms with Gasteiger partial charge in [-0.05, 0) is 49.7 Å². The number of ether oxygens (including phenoxy) is 3. The molecule has 0 bridgehead atoms. The number of hydrogen-bond donors (Lipinski definition) is 1. The number of amides is 1. The van der Waals surface area contributed by atoms with Crippen molar-refractivity contribution in [1.82, 2.24) is 5.32 Å². The molecule has 2 aromatic rings. The molecule has 1 amide bonds. The molecule has 0 saturated heterocycles. The zero-order valence-electron chi connectivity index (χ0n) is 15.3. The van der Waals surface area contributed by atoms with Gasteiger partial charge < -0.3 is 19.5 Å². The highest BCUT2D eigenvalue weighted by Crippen LogP contribution is 2.25. The first-order valence-corrected chi connectivity index (χ1v) is 9.24. The number of nitrogens with one attached hydrogen (secondary N) is 1. The van der Waals surface area contributed by atoms with Gasteiger partial charge in [-0.3, -0.25) is 4.79 Å². The molecule has 140 valence electrons. The Bertz CT molecular complexity index is 734. The van der Waals surface area contributed by atoms with Crippen molar-refractivity contribution in [3.05, 3.63) is 58.1 Å². The highest BCUT2D eigenvalue weighted by molar-refractivity contribution is 9.10. The van der Waals surface area contributed by atoms with E-state index in [4.69, 9.17) is 14.2 Å². The Morgan fingerprint density at radius 2 is 1.96 bits per heavy atom. The van der Waals surface area contributed by atoms with E-state index in [-0.39, 0.29) is 12.0 Å². The first kappa shape index (κ1) is 20.3. The Morgan fingerprint density at radius 1 is 1.15 bits per heavy atom. The summed E-state index contributed by atoms with van der Waals surface area (Å²) >= 11 is 3.41. The molecule has 0 aliphatic rings. The summed E-state index contributed by atoms with van der Waals surface area (Å²) in [7, 11) is 1.63. The van der Waals surface area contributed by atoms with E-state index in [1.54, 1.807) is 19.2 Å². The maximum atomic E-state index is 12.6. The summed E-state index contributed by atoms with van der Waals surface area (Å²) in [4.78, 5) is 12.6. The second kappa shape index (κ2) is 10.2. The predicted molar refractivity (Wildman–Crippen MR) is 105 cm³/mol. The van der Waals surface area contributed by atoms with Crippen LogP contribution in [0.1, 0.15) is 29.8 Å². The number of rotatable bonds is 9. The molecular formula is C20H24BrNO4. The summed E-state index contributed by atoms with van der Waals surface area (Å²) in [5.41, 5.74) is 1.46. The Morgan fingerprint density at radius 3 is 2.69 bits per heavy atom. The van der Waals surface area contributed by atoms with Gasteiger partial charge in [-0.1, -0.05) is 28.1 Å². The number of carbonyl (C=O) groups excluding carboxylic acids is 1. The molecule has 0 fully saturated rings. The Balaban J connectivity index is 2.01. The standard InChI is InChI=1S/C20H24BrNO4/c1-14(2)26-19-12-16(21)7-8-18(19)20(23)22-13-15-5-4-6-17(11-15)25-10-9-24-3/h4-8,11-12,14H,9-10,13H2,1-3H3,(H,22,23). The smallest absolute Gasteiger partial charge is 0.255 e. The average Bonchev–Trinajstić information content (AvgIpc) is 2.60. The summed E-state index contributed by atoms with van der Waals surface area (Å²) < 4.78 is 17.2. The molecule has 0 unspecified atom stereocenters. The lowest BCUT2D eigenvalue weighted by Crippen LogP contribution is -2.24. The van der Waals surface area contributed by atoms with E-state index in [1.807, 2.05) is 44.2 Å². The highest BCUT2D eigenvalue weighted by atomic mass is 79.9. The van der Waals surface area contributed by atoms with E-state index in [0.29, 0.717) is 31.1 Å². The lowest BCUT2D eigenvalue weighted by atomic mass is 10.1. The molecule has 0 atom stereocenters. The predicted octanol–water partition coefficient (Wildman–Crippen LogP) is 4.19. The topological polar surface area (TPSA) is 56.8 Å². The first-order chi connectivity index (χ1) is 12.5. The SMILES string of the molecule is COCCOc1cccc(CNC(=O)c2ccc(Br)cc2OC(C)C)c1. The molecule has 0 radical (unpaired) electrons. The fourth-order valence-corrected chi connectivity index (χ4v) is 2.64. The fraction of sp³-hybridized carbons (Fsp3) is 0.350. The van der Waals surface area contributed by atoms with E-state index in [1.165, 1.54) is 0 Å². The number of hydrogen-bond acceptors (Lipinski definition) is 4. The zero-order valence-corrected chi connectivity index (χ0v) is 16.8. The van der Waals surface area contributed by atoms with Gasteiger partial charge >= 0.3 is 0 Å². The summed E-state index contributed by atoms with van der Waals surface area (Å²) in [5, 5.41) is 2.93. The minimum Gasteiger partial charge on any atom is -0.491 e. The normalized spacial score (nSPS) is 10.7. The molecule has 5 nitrogen and oxygen atoms in total. The minimum absolute atomic E-state index is 0.0169. The molecule has 0 aliphatic heterocycles. The second-order valence-corrected chi connectivity index (χ2v) is 6.89. The van der Waals surface area contributed by atoms with Gasteiger partial charge in [0, 0.05) is 18.1 Å².